The van der Waals surface area contributed by atoms with Gasteiger partial charge < -0.3 is 14.8 Å². The van der Waals surface area contributed by atoms with Crippen molar-refractivity contribution >= 4 is 12.0 Å². The molecule has 0 saturated carbocycles. The van der Waals surface area contributed by atoms with Crippen LogP contribution in [0.15, 0.2) is 54.7 Å². The van der Waals surface area contributed by atoms with Crippen molar-refractivity contribution in [2.75, 3.05) is 6.61 Å². The maximum Gasteiger partial charge on any atom is 0.244 e. The molecule has 1 aliphatic heterocycles. The number of fused-ring (bicyclic) bond motifs is 1. The van der Waals surface area contributed by atoms with Crippen molar-refractivity contribution in [2.45, 2.75) is 39.5 Å². The van der Waals surface area contributed by atoms with Crippen LogP contribution in [0.2, 0.25) is 0 Å². The summed E-state index contributed by atoms with van der Waals surface area (Å²) >= 11 is 0. The fourth-order valence-electron chi connectivity index (χ4n) is 3.55. The van der Waals surface area contributed by atoms with Crippen molar-refractivity contribution < 1.29 is 14.3 Å². The number of benzene rings is 2. The summed E-state index contributed by atoms with van der Waals surface area (Å²) in [5.41, 5.74) is 3.80. The highest BCUT2D eigenvalue weighted by molar-refractivity contribution is 5.91. The first-order valence-corrected chi connectivity index (χ1v) is 10.5. The van der Waals surface area contributed by atoms with Gasteiger partial charge in [0.2, 0.25) is 5.91 Å². The number of hydrogen-bond acceptors (Lipinski definition) is 5. The summed E-state index contributed by atoms with van der Waals surface area (Å²) in [5.74, 6) is 1.44. The molecule has 0 fully saturated rings. The van der Waals surface area contributed by atoms with E-state index in [1.807, 2.05) is 62.5 Å². The highest BCUT2D eigenvalue weighted by atomic mass is 16.5. The average molecular weight is 418 g/mol. The molecule has 0 saturated heterocycles. The second-order valence-corrected chi connectivity index (χ2v) is 7.51. The zero-order chi connectivity index (χ0) is 21.6. The lowest BCUT2D eigenvalue weighted by Crippen LogP contribution is -2.20. The van der Waals surface area contributed by atoms with Gasteiger partial charge in [-0.2, -0.15) is 0 Å². The number of rotatable bonds is 8. The lowest BCUT2D eigenvalue weighted by atomic mass is 10.1. The number of carbonyl (C=O) groups is 1. The molecule has 3 aromatic rings. The molecule has 1 aliphatic rings. The third-order valence-corrected chi connectivity index (χ3v) is 4.98. The van der Waals surface area contributed by atoms with E-state index in [4.69, 9.17) is 9.47 Å². The van der Waals surface area contributed by atoms with Gasteiger partial charge in [0, 0.05) is 30.2 Å². The molecule has 31 heavy (non-hydrogen) atoms. The van der Waals surface area contributed by atoms with E-state index in [9.17, 15) is 4.79 Å². The monoisotopic (exact) mass is 418 g/mol. The molecule has 0 bridgehead atoms. The summed E-state index contributed by atoms with van der Waals surface area (Å²) < 4.78 is 13.3. The van der Waals surface area contributed by atoms with Crippen LogP contribution in [-0.4, -0.2) is 33.6 Å². The van der Waals surface area contributed by atoms with Crippen LogP contribution in [-0.2, 0) is 24.3 Å². The fourth-order valence-corrected chi connectivity index (χ4v) is 3.55. The van der Waals surface area contributed by atoms with Gasteiger partial charge in [0.1, 0.15) is 23.3 Å². The first-order chi connectivity index (χ1) is 15.1. The van der Waals surface area contributed by atoms with E-state index in [2.05, 4.69) is 15.6 Å². The third kappa shape index (κ3) is 5.31. The molecule has 1 atom stereocenters. The summed E-state index contributed by atoms with van der Waals surface area (Å²) in [6, 6.07) is 14.0. The molecule has 7 heteroatoms. The molecule has 0 aliphatic carbocycles. The van der Waals surface area contributed by atoms with Gasteiger partial charge in [-0.15, -0.1) is 5.10 Å². The largest absolute Gasteiger partial charge is 0.494 e. The van der Waals surface area contributed by atoms with E-state index in [-0.39, 0.29) is 12.0 Å². The minimum absolute atomic E-state index is 0.160. The standard InChI is InChI=1S/C24H26N4O3/c1-3-30-22-12-19-11-17(2)31-23(19)13-20(22)14-25-24(29)10-9-21-16-28(27-26-21)15-18-7-5-4-6-8-18/h4-10,12-13,16-17H,3,11,14-15H2,1-2H3,(H,25,29)/b10-9+/t17-/m1/s1. The van der Waals surface area contributed by atoms with Crippen molar-refractivity contribution in [3.05, 3.63) is 77.1 Å². The highest BCUT2D eigenvalue weighted by Gasteiger charge is 2.21. The first-order valence-electron chi connectivity index (χ1n) is 10.5. The maximum absolute atomic E-state index is 12.3. The predicted octanol–water partition coefficient (Wildman–Crippen LogP) is 3.38. The van der Waals surface area contributed by atoms with E-state index in [0.29, 0.717) is 25.4 Å². The molecule has 4 rings (SSSR count). The quantitative estimate of drug-likeness (QED) is 0.568. The van der Waals surface area contributed by atoms with Gasteiger partial charge in [0.25, 0.3) is 0 Å². The maximum atomic E-state index is 12.3. The van der Waals surface area contributed by atoms with Gasteiger partial charge in [0.15, 0.2) is 0 Å². The number of aromatic nitrogens is 3. The Balaban J connectivity index is 1.35. The molecule has 2 heterocycles. The van der Waals surface area contributed by atoms with E-state index in [0.717, 1.165) is 34.6 Å². The van der Waals surface area contributed by atoms with E-state index < -0.39 is 0 Å². The summed E-state index contributed by atoms with van der Waals surface area (Å²) in [7, 11) is 0. The van der Waals surface area contributed by atoms with Gasteiger partial charge in [-0.3, -0.25) is 4.79 Å². The molecule has 1 amide bonds. The number of carbonyl (C=O) groups excluding carboxylic acids is 1. The summed E-state index contributed by atoms with van der Waals surface area (Å²) in [5, 5.41) is 11.1. The smallest absolute Gasteiger partial charge is 0.244 e. The lowest BCUT2D eigenvalue weighted by Gasteiger charge is -2.12. The molecule has 0 radical (unpaired) electrons. The van der Waals surface area contributed by atoms with Gasteiger partial charge in [-0.05, 0) is 37.6 Å². The Morgan fingerprint density at radius 2 is 2.16 bits per heavy atom. The normalized spacial score (nSPS) is 15.0. The minimum atomic E-state index is -0.213. The van der Waals surface area contributed by atoms with Crippen LogP contribution < -0.4 is 14.8 Å². The Kier molecular flexibility index (Phi) is 6.31. The van der Waals surface area contributed by atoms with E-state index in [1.54, 1.807) is 10.8 Å². The molecule has 160 valence electrons. The van der Waals surface area contributed by atoms with Crippen molar-refractivity contribution in [2.24, 2.45) is 0 Å². The molecule has 7 nitrogen and oxygen atoms in total. The van der Waals surface area contributed by atoms with Gasteiger partial charge in [-0.1, -0.05) is 35.5 Å². The van der Waals surface area contributed by atoms with Gasteiger partial charge in [0.05, 0.1) is 19.3 Å². The van der Waals surface area contributed by atoms with E-state index in [1.165, 1.54) is 6.08 Å². The van der Waals surface area contributed by atoms with Crippen LogP contribution in [0.5, 0.6) is 11.5 Å². The van der Waals surface area contributed by atoms with Crippen molar-refractivity contribution in [1.82, 2.24) is 20.3 Å². The molecule has 2 aromatic carbocycles. The summed E-state index contributed by atoms with van der Waals surface area (Å²) in [6.45, 7) is 5.54. The van der Waals surface area contributed by atoms with Crippen LogP contribution in [0.1, 0.15) is 36.2 Å². The Morgan fingerprint density at radius 1 is 1.32 bits per heavy atom. The van der Waals surface area contributed by atoms with E-state index >= 15 is 0 Å². The van der Waals surface area contributed by atoms with Crippen LogP contribution in [0.3, 0.4) is 0 Å². The molecule has 1 N–H and O–H groups in total. The second-order valence-electron chi connectivity index (χ2n) is 7.51. The topological polar surface area (TPSA) is 78.3 Å². The molecular formula is C24H26N4O3. The fraction of sp³-hybridized carbons (Fsp3) is 0.292. The number of nitrogens with one attached hydrogen (secondary N) is 1. The summed E-state index contributed by atoms with van der Waals surface area (Å²) in [6.07, 6.45) is 5.95. The van der Waals surface area contributed by atoms with Crippen LogP contribution >= 0.6 is 0 Å². The average Bonchev–Trinajstić information content (AvgIpc) is 3.36. The molecule has 0 unspecified atom stereocenters. The van der Waals surface area contributed by atoms with Gasteiger partial charge >= 0.3 is 0 Å². The number of nitrogens with zero attached hydrogens (tertiary/aromatic N) is 3. The zero-order valence-electron chi connectivity index (χ0n) is 17.7. The van der Waals surface area contributed by atoms with Crippen molar-refractivity contribution in [3.8, 4) is 11.5 Å². The first kappa shape index (κ1) is 20.7. The number of ether oxygens (including phenoxy) is 2. The number of amides is 1. The Labute approximate surface area is 181 Å². The third-order valence-electron chi connectivity index (χ3n) is 4.98. The molecule has 0 spiro atoms. The predicted molar refractivity (Wildman–Crippen MR) is 118 cm³/mol. The molecule has 1 aromatic heterocycles. The van der Waals surface area contributed by atoms with Crippen molar-refractivity contribution in [3.63, 3.8) is 0 Å². The lowest BCUT2D eigenvalue weighted by molar-refractivity contribution is -0.116. The van der Waals surface area contributed by atoms with Gasteiger partial charge in [-0.25, -0.2) is 4.68 Å². The Bertz CT molecular complexity index is 1080. The number of hydrogen-bond donors (Lipinski definition) is 1. The minimum Gasteiger partial charge on any atom is -0.494 e. The van der Waals surface area contributed by atoms with Crippen molar-refractivity contribution in [1.29, 1.82) is 0 Å². The summed E-state index contributed by atoms with van der Waals surface area (Å²) in [4.78, 5) is 12.3. The second kappa shape index (κ2) is 9.47. The van der Waals surface area contributed by atoms with Crippen LogP contribution in [0, 0.1) is 0 Å². The van der Waals surface area contributed by atoms with Crippen LogP contribution in [0.25, 0.3) is 6.08 Å². The Morgan fingerprint density at radius 3 is 2.97 bits per heavy atom. The molecular weight excluding hydrogens is 392 g/mol. The Hall–Kier alpha value is -3.61. The SMILES string of the molecule is CCOc1cc2c(cc1CNC(=O)/C=C/c1cn(Cc3ccccc3)nn1)O[C@H](C)C2. The highest BCUT2D eigenvalue weighted by Crippen LogP contribution is 2.35. The van der Waals surface area contributed by atoms with Crippen LogP contribution in [0.4, 0.5) is 0 Å². The zero-order valence-corrected chi connectivity index (χ0v) is 17.7.